The fourth-order valence-corrected chi connectivity index (χ4v) is 7.25. The van der Waals surface area contributed by atoms with Crippen LogP contribution in [0.1, 0.15) is 55.4 Å². The molecular weight excluding hydrogens is 360 g/mol. The van der Waals surface area contributed by atoms with Gasteiger partial charge in [0, 0.05) is 17.3 Å². The minimum atomic E-state index is -0.00944. The van der Waals surface area contributed by atoms with Crippen LogP contribution in [0.25, 0.3) is 0 Å². The molecule has 0 bridgehead atoms. The number of benzene rings is 2. The van der Waals surface area contributed by atoms with Gasteiger partial charge in [-0.3, -0.25) is 0 Å². The first-order chi connectivity index (χ1) is 14.6. The highest BCUT2D eigenvalue weighted by atomic mass is 14.6. The molecule has 0 aromatic heterocycles. The van der Waals surface area contributed by atoms with Gasteiger partial charge in [-0.05, 0) is 45.9 Å². The van der Waals surface area contributed by atoms with Gasteiger partial charge < -0.3 is 0 Å². The molecule has 0 heteroatoms. The largest absolute Gasteiger partial charge is 0.0797 e. The second-order valence-electron chi connectivity index (χ2n) is 10.1. The summed E-state index contributed by atoms with van der Waals surface area (Å²) in [6.45, 7) is 7.21. The summed E-state index contributed by atoms with van der Waals surface area (Å²) < 4.78 is 0. The highest BCUT2D eigenvalue weighted by Gasteiger charge is 2.62. The van der Waals surface area contributed by atoms with Gasteiger partial charge >= 0.3 is 0 Å². The normalized spacial score (nSPS) is 34.2. The second-order valence-corrected chi connectivity index (χ2v) is 10.1. The summed E-state index contributed by atoms with van der Waals surface area (Å²) in [5, 5.41) is 0. The van der Waals surface area contributed by atoms with E-state index in [1.54, 1.807) is 11.1 Å². The smallest absolute Gasteiger partial charge is 0.0348 e. The lowest BCUT2D eigenvalue weighted by Gasteiger charge is -2.56. The molecule has 0 nitrogen and oxygen atoms in total. The number of fused-ring (bicyclic) bond motifs is 9. The predicted octanol–water partition coefficient (Wildman–Crippen LogP) is 7.24. The summed E-state index contributed by atoms with van der Waals surface area (Å²) in [4.78, 5) is 0. The van der Waals surface area contributed by atoms with Gasteiger partial charge in [-0.2, -0.15) is 0 Å². The Labute approximate surface area is 180 Å². The average Bonchev–Trinajstić information content (AvgIpc) is 3.09. The van der Waals surface area contributed by atoms with Crippen molar-refractivity contribution >= 4 is 0 Å². The highest BCUT2D eigenvalue weighted by molar-refractivity contribution is 5.63. The minimum Gasteiger partial charge on any atom is -0.0797 e. The molecule has 0 heterocycles. The lowest BCUT2D eigenvalue weighted by molar-refractivity contribution is 0.162. The van der Waals surface area contributed by atoms with E-state index in [4.69, 9.17) is 0 Å². The Balaban J connectivity index is 1.75. The van der Waals surface area contributed by atoms with E-state index in [2.05, 4.69) is 112 Å². The Morgan fingerprint density at radius 3 is 2.23 bits per heavy atom. The first-order valence-corrected chi connectivity index (χ1v) is 11.5. The van der Waals surface area contributed by atoms with Crippen LogP contribution in [-0.4, -0.2) is 0 Å². The summed E-state index contributed by atoms with van der Waals surface area (Å²) >= 11 is 0. The maximum Gasteiger partial charge on any atom is 0.0348 e. The molecule has 1 spiro atoms. The molecule has 150 valence electrons. The van der Waals surface area contributed by atoms with Gasteiger partial charge in [-0.1, -0.05) is 117 Å². The molecule has 0 saturated heterocycles. The van der Waals surface area contributed by atoms with E-state index in [-0.39, 0.29) is 10.8 Å². The minimum absolute atomic E-state index is 0.00944. The van der Waals surface area contributed by atoms with Gasteiger partial charge in [0.25, 0.3) is 0 Å². The molecule has 5 atom stereocenters. The number of hydrogen-bond acceptors (Lipinski definition) is 0. The van der Waals surface area contributed by atoms with E-state index in [1.807, 2.05) is 0 Å². The molecule has 2 aromatic rings. The van der Waals surface area contributed by atoms with E-state index >= 15 is 0 Å². The van der Waals surface area contributed by atoms with E-state index in [9.17, 15) is 0 Å². The van der Waals surface area contributed by atoms with Gasteiger partial charge in [-0.25, -0.2) is 0 Å². The fourth-order valence-electron chi connectivity index (χ4n) is 7.25. The van der Waals surface area contributed by atoms with Crippen molar-refractivity contribution in [2.45, 2.75) is 43.9 Å². The summed E-state index contributed by atoms with van der Waals surface area (Å²) in [5.74, 6) is 1.89. The maximum absolute atomic E-state index is 2.65. The van der Waals surface area contributed by atoms with Crippen molar-refractivity contribution in [3.05, 3.63) is 119 Å². The van der Waals surface area contributed by atoms with Crippen LogP contribution >= 0.6 is 0 Å². The predicted molar refractivity (Wildman–Crippen MR) is 126 cm³/mol. The van der Waals surface area contributed by atoms with E-state index < -0.39 is 0 Å². The molecule has 30 heavy (non-hydrogen) atoms. The zero-order chi connectivity index (χ0) is 20.5. The Hall–Kier alpha value is -2.60. The lowest BCUT2D eigenvalue weighted by Crippen LogP contribution is -2.53. The summed E-state index contributed by atoms with van der Waals surface area (Å²) in [6, 6.07) is 18.6. The van der Waals surface area contributed by atoms with E-state index in [1.165, 1.54) is 16.7 Å². The first kappa shape index (κ1) is 18.2. The van der Waals surface area contributed by atoms with Gasteiger partial charge in [0.1, 0.15) is 0 Å². The van der Waals surface area contributed by atoms with Crippen LogP contribution in [0, 0.1) is 17.8 Å². The van der Waals surface area contributed by atoms with Gasteiger partial charge in [0.05, 0.1) is 0 Å². The van der Waals surface area contributed by atoms with Gasteiger partial charge in [-0.15, -0.1) is 0 Å². The van der Waals surface area contributed by atoms with Crippen LogP contribution in [0.3, 0.4) is 0 Å². The van der Waals surface area contributed by atoms with Crippen LogP contribution in [0.5, 0.6) is 0 Å². The Bertz CT molecular complexity index is 1140. The third-order valence-corrected chi connectivity index (χ3v) is 8.56. The average molecular weight is 391 g/mol. The third-order valence-electron chi connectivity index (χ3n) is 8.56. The first-order valence-electron chi connectivity index (χ1n) is 11.5. The number of hydrogen-bond donors (Lipinski definition) is 0. The standard InChI is InChI=1S/C30H30/c1-4-20-17-18-26-28(19-20)30(27-16-10-9-15-25(27)29(26,2)3)23-13-7-5-11-21(23)22-12-6-8-14-24(22)30/h5-19,21,23,26,28H,4H2,1-3H3. The molecule has 5 unspecified atom stereocenters. The zero-order valence-electron chi connectivity index (χ0n) is 18.2. The second kappa shape index (κ2) is 6.20. The topological polar surface area (TPSA) is 0 Å². The van der Waals surface area contributed by atoms with Crippen LogP contribution in [0.15, 0.2) is 96.6 Å². The molecule has 2 aromatic carbocycles. The Morgan fingerprint density at radius 2 is 1.43 bits per heavy atom. The molecule has 0 radical (unpaired) electrons. The van der Waals surface area contributed by atoms with Crippen molar-refractivity contribution in [1.82, 2.24) is 0 Å². The quantitative estimate of drug-likeness (QED) is 0.481. The van der Waals surface area contributed by atoms with Crippen molar-refractivity contribution in [3.63, 3.8) is 0 Å². The molecule has 0 saturated carbocycles. The Kier molecular flexibility index (Phi) is 3.76. The van der Waals surface area contributed by atoms with Crippen molar-refractivity contribution in [1.29, 1.82) is 0 Å². The monoisotopic (exact) mass is 390 g/mol. The van der Waals surface area contributed by atoms with Crippen molar-refractivity contribution in [3.8, 4) is 0 Å². The van der Waals surface area contributed by atoms with E-state index in [0.29, 0.717) is 23.7 Å². The zero-order valence-corrected chi connectivity index (χ0v) is 18.2. The summed E-state index contributed by atoms with van der Waals surface area (Å²) in [5.41, 5.74) is 7.75. The van der Waals surface area contributed by atoms with Crippen LogP contribution in [0.2, 0.25) is 0 Å². The van der Waals surface area contributed by atoms with Crippen molar-refractivity contribution in [2.24, 2.45) is 17.8 Å². The third kappa shape index (κ3) is 2.07. The SMILES string of the molecule is CCC1=CC2C(C=C1)C(C)(C)c1ccccc1C21c2ccccc2C2C=CC=CC21. The van der Waals surface area contributed by atoms with Crippen molar-refractivity contribution < 1.29 is 0 Å². The molecule has 4 aliphatic carbocycles. The van der Waals surface area contributed by atoms with Gasteiger partial charge in [0.2, 0.25) is 0 Å². The molecule has 0 aliphatic heterocycles. The number of rotatable bonds is 1. The summed E-state index contributed by atoms with van der Waals surface area (Å²) in [6.07, 6.45) is 18.2. The van der Waals surface area contributed by atoms with E-state index in [0.717, 1.165) is 6.42 Å². The molecule has 6 rings (SSSR count). The molecule has 0 fully saturated rings. The lowest BCUT2D eigenvalue weighted by atomic mass is 9.46. The Morgan fingerprint density at radius 1 is 0.733 bits per heavy atom. The van der Waals surface area contributed by atoms with Crippen molar-refractivity contribution in [2.75, 3.05) is 0 Å². The molecule has 0 N–H and O–H groups in total. The van der Waals surface area contributed by atoms with Crippen LogP contribution in [0.4, 0.5) is 0 Å². The molecule has 0 amide bonds. The fraction of sp³-hybridized carbons (Fsp3) is 0.333. The van der Waals surface area contributed by atoms with Crippen LogP contribution < -0.4 is 0 Å². The maximum atomic E-state index is 2.65. The van der Waals surface area contributed by atoms with Crippen LogP contribution in [-0.2, 0) is 10.8 Å². The van der Waals surface area contributed by atoms with Gasteiger partial charge in [0.15, 0.2) is 0 Å². The molecule has 4 aliphatic rings. The highest BCUT2D eigenvalue weighted by Crippen LogP contribution is 2.67. The number of allylic oxidation sites excluding steroid dienone is 8. The molecular formula is C30H30. The summed E-state index contributed by atoms with van der Waals surface area (Å²) in [7, 11) is 0.